The summed E-state index contributed by atoms with van der Waals surface area (Å²) in [6, 6.07) is 16.6. The van der Waals surface area contributed by atoms with E-state index in [1.165, 1.54) is 22.8 Å². The molecule has 3 N–H and O–H groups in total. The number of hydroxylamine groups is 1. The first-order chi connectivity index (χ1) is 14.2. The molecule has 1 aromatic heterocycles. The van der Waals surface area contributed by atoms with Crippen molar-refractivity contribution in [1.29, 1.82) is 0 Å². The van der Waals surface area contributed by atoms with Crippen molar-refractivity contribution in [3.63, 3.8) is 0 Å². The Hall–Kier alpha value is -3.22. The highest BCUT2D eigenvalue weighted by molar-refractivity contribution is 5.90. The fraction of sp³-hybridized carbons (Fsp3) is 0.217. The van der Waals surface area contributed by atoms with Crippen LogP contribution in [0.4, 0.5) is 0 Å². The number of aromatic nitrogens is 2. The molecule has 4 rings (SSSR count). The van der Waals surface area contributed by atoms with Crippen LogP contribution in [0.5, 0.6) is 0 Å². The Kier molecular flexibility index (Phi) is 5.84. The SMILES string of the molecule is O=C(C=Cc1ccc2c(c1)CN(CCc1cn[nH]c1-c1ccccc1)CC2)NO. The largest absolute Gasteiger partial charge is 0.298 e. The summed E-state index contributed by atoms with van der Waals surface area (Å²) >= 11 is 0. The smallest absolute Gasteiger partial charge is 0.267 e. The van der Waals surface area contributed by atoms with Crippen LogP contribution in [0.2, 0.25) is 0 Å². The lowest BCUT2D eigenvalue weighted by Gasteiger charge is -2.29. The third kappa shape index (κ3) is 4.62. The van der Waals surface area contributed by atoms with E-state index in [-0.39, 0.29) is 0 Å². The number of H-pyrrole nitrogens is 1. The lowest BCUT2D eigenvalue weighted by Crippen LogP contribution is -2.32. The predicted molar refractivity (Wildman–Crippen MR) is 112 cm³/mol. The van der Waals surface area contributed by atoms with Gasteiger partial charge in [0, 0.05) is 25.7 Å². The van der Waals surface area contributed by atoms with Gasteiger partial charge in [-0.3, -0.25) is 20.0 Å². The summed E-state index contributed by atoms with van der Waals surface area (Å²) in [5.74, 6) is -0.529. The third-order valence-corrected chi connectivity index (χ3v) is 5.34. The van der Waals surface area contributed by atoms with Crippen LogP contribution in [0.25, 0.3) is 17.3 Å². The van der Waals surface area contributed by atoms with Crippen molar-refractivity contribution in [3.05, 3.63) is 83.1 Å². The van der Waals surface area contributed by atoms with Crippen LogP contribution in [0.1, 0.15) is 22.3 Å². The van der Waals surface area contributed by atoms with Gasteiger partial charge in [-0.25, -0.2) is 5.48 Å². The van der Waals surface area contributed by atoms with E-state index in [0.717, 1.165) is 49.3 Å². The molecule has 0 fully saturated rings. The number of nitrogens with one attached hydrogen (secondary N) is 2. The first kappa shape index (κ1) is 19.1. The van der Waals surface area contributed by atoms with Crippen molar-refractivity contribution in [2.75, 3.05) is 13.1 Å². The fourth-order valence-corrected chi connectivity index (χ4v) is 3.77. The molecule has 148 valence electrons. The van der Waals surface area contributed by atoms with Crippen LogP contribution < -0.4 is 5.48 Å². The Labute approximate surface area is 169 Å². The van der Waals surface area contributed by atoms with Gasteiger partial charge in [-0.05, 0) is 46.7 Å². The fourth-order valence-electron chi connectivity index (χ4n) is 3.77. The minimum atomic E-state index is -0.529. The van der Waals surface area contributed by atoms with Crippen molar-refractivity contribution < 1.29 is 10.0 Å². The zero-order valence-electron chi connectivity index (χ0n) is 16.1. The monoisotopic (exact) mass is 388 g/mol. The first-order valence-electron chi connectivity index (χ1n) is 9.77. The molecule has 1 amide bonds. The molecular formula is C23H24N4O2. The summed E-state index contributed by atoms with van der Waals surface area (Å²) < 4.78 is 0. The molecule has 29 heavy (non-hydrogen) atoms. The molecule has 6 heteroatoms. The van der Waals surface area contributed by atoms with Crippen molar-refractivity contribution >= 4 is 12.0 Å². The summed E-state index contributed by atoms with van der Waals surface area (Å²) in [7, 11) is 0. The molecule has 0 atom stereocenters. The minimum Gasteiger partial charge on any atom is -0.298 e. The highest BCUT2D eigenvalue weighted by atomic mass is 16.5. The molecule has 1 aliphatic heterocycles. The highest BCUT2D eigenvalue weighted by Crippen LogP contribution is 2.24. The van der Waals surface area contributed by atoms with Crippen molar-refractivity contribution in [1.82, 2.24) is 20.6 Å². The molecule has 0 unspecified atom stereocenters. The molecular weight excluding hydrogens is 364 g/mol. The number of rotatable bonds is 6. The zero-order chi connectivity index (χ0) is 20.1. The highest BCUT2D eigenvalue weighted by Gasteiger charge is 2.17. The normalized spacial score (nSPS) is 14.1. The van der Waals surface area contributed by atoms with E-state index in [1.54, 1.807) is 11.6 Å². The van der Waals surface area contributed by atoms with E-state index in [0.29, 0.717) is 0 Å². The molecule has 0 aliphatic carbocycles. The van der Waals surface area contributed by atoms with Gasteiger partial charge in [0.1, 0.15) is 0 Å². The maximum Gasteiger partial charge on any atom is 0.267 e. The second-order valence-corrected chi connectivity index (χ2v) is 7.25. The van der Waals surface area contributed by atoms with Gasteiger partial charge in [0.05, 0.1) is 11.9 Å². The van der Waals surface area contributed by atoms with Gasteiger partial charge in [0.15, 0.2) is 0 Å². The number of carbonyl (C=O) groups is 1. The number of carbonyl (C=O) groups excluding carboxylic acids is 1. The van der Waals surface area contributed by atoms with E-state index in [1.807, 2.05) is 30.5 Å². The Morgan fingerprint density at radius 3 is 2.90 bits per heavy atom. The molecule has 1 aliphatic rings. The van der Waals surface area contributed by atoms with Gasteiger partial charge in [-0.1, -0.05) is 48.5 Å². The standard InChI is InChI=1S/C23H24N4O2/c28-22(26-29)9-7-17-6-8-18-10-12-27(16-21(18)14-17)13-11-20-15-24-25-23(20)19-4-2-1-3-5-19/h1-9,14-15,29H,10-13,16H2,(H,24,25)(H,26,28). The number of nitrogens with zero attached hydrogens (tertiary/aromatic N) is 2. The van der Waals surface area contributed by atoms with Gasteiger partial charge < -0.3 is 0 Å². The number of hydrogen-bond acceptors (Lipinski definition) is 4. The van der Waals surface area contributed by atoms with Crippen LogP contribution >= 0.6 is 0 Å². The van der Waals surface area contributed by atoms with Gasteiger partial charge >= 0.3 is 0 Å². The van der Waals surface area contributed by atoms with Crippen molar-refractivity contribution in [3.8, 4) is 11.3 Å². The van der Waals surface area contributed by atoms with E-state index < -0.39 is 5.91 Å². The molecule has 3 aromatic rings. The van der Waals surface area contributed by atoms with Crippen molar-refractivity contribution in [2.24, 2.45) is 0 Å². The summed E-state index contributed by atoms with van der Waals surface area (Å²) in [6.07, 6.45) is 6.92. The number of benzene rings is 2. The topological polar surface area (TPSA) is 81.2 Å². The van der Waals surface area contributed by atoms with Gasteiger partial charge in [-0.2, -0.15) is 5.10 Å². The van der Waals surface area contributed by atoms with Crippen LogP contribution in [-0.2, 0) is 24.2 Å². The van der Waals surface area contributed by atoms with Crippen LogP contribution in [0, 0.1) is 0 Å². The summed E-state index contributed by atoms with van der Waals surface area (Å²) in [5, 5.41) is 16.0. The lowest BCUT2D eigenvalue weighted by atomic mass is 9.96. The van der Waals surface area contributed by atoms with Gasteiger partial charge in [-0.15, -0.1) is 0 Å². The number of aromatic amines is 1. The second kappa shape index (κ2) is 8.86. The van der Waals surface area contributed by atoms with E-state index in [2.05, 4.69) is 39.4 Å². The van der Waals surface area contributed by atoms with Crippen LogP contribution in [0.15, 0.2) is 60.8 Å². The number of hydrogen-bond donors (Lipinski definition) is 3. The quantitative estimate of drug-likeness (QED) is 0.344. The Morgan fingerprint density at radius 1 is 1.21 bits per heavy atom. The third-order valence-electron chi connectivity index (χ3n) is 5.34. The molecule has 0 saturated heterocycles. The summed E-state index contributed by atoms with van der Waals surface area (Å²) in [6.45, 7) is 2.89. The average molecular weight is 388 g/mol. The average Bonchev–Trinajstić information content (AvgIpc) is 3.25. The molecule has 0 radical (unpaired) electrons. The molecule has 0 bridgehead atoms. The van der Waals surface area contributed by atoms with Crippen LogP contribution in [0.3, 0.4) is 0 Å². The lowest BCUT2D eigenvalue weighted by molar-refractivity contribution is -0.124. The molecule has 0 spiro atoms. The Bertz CT molecular complexity index is 1010. The van der Waals surface area contributed by atoms with E-state index in [9.17, 15) is 4.79 Å². The Balaban J connectivity index is 1.41. The summed E-state index contributed by atoms with van der Waals surface area (Å²) in [5.41, 5.74) is 8.70. The predicted octanol–water partition coefficient (Wildman–Crippen LogP) is 3.20. The Morgan fingerprint density at radius 2 is 2.07 bits per heavy atom. The molecule has 6 nitrogen and oxygen atoms in total. The number of amides is 1. The summed E-state index contributed by atoms with van der Waals surface area (Å²) in [4.78, 5) is 13.6. The minimum absolute atomic E-state index is 0.529. The van der Waals surface area contributed by atoms with Crippen molar-refractivity contribution in [2.45, 2.75) is 19.4 Å². The zero-order valence-corrected chi connectivity index (χ0v) is 16.1. The maximum absolute atomic E-state index is 11.2. The molecule has 0 saturated carbocycles. The van der Waals surface area contributed by atoms with Crippen LogP contribution in [-0.4, -0.2) is 39.3 Å². The maximum atomic E-state index is 11.2. The van der Waals surface area contributed by atoms with E-state index in [4.69, 9.17) is 5.21 Å². The molecule has 2 aromatic carbocycles. The van der Waals surface area contributed by atoms with E-state index >= 15 is 0 Å². The van der Waals surface area contributed by atoms with Gasteiger partial charge in [0.2, 0.25) is 0 Å². The molecule has 2 heterocycles. The number of fused-ring (bicyclic) bond motifs is 1. The second-order valence-electron chi connectivity index (χ2n) is 7.25. The van der Waals surface area contributed by atoms with Gasteiger partial charge in [0.25, 0.3) is 5.91 Å². The first-order valence-corrected chi connectivity index (χ1v) is 9.77.